The number of carbonyl (C=O) groups is 1. The maximum atomic E-state index is 12.4. The van der Waals surface area contributed by atoms with Gasteiger partial charge < -0.3 is 19.8 Å². The molecule has 0 aliphatic rings. The molecular formula is C21H21N3O4S. The molecule has 0 fully saturated rings. The van der Waals surface area contributed by atoms with Gasteiger partial charge in [0.2, 0.25) is 5.91 Å². The fourth-order valence-corrected chi connectivity index (χ4v) is 3.26. The Labute approximate surface area is 172 Å². The molecule has 29 heavy (non-hydrogen) atoms. The molecule has 150 valence electrons. The number of carbonyl (C=O) groups excluding carboxylic acids is 1. The first-order valence-electron chi connectivity index (χ1n) is 8.93. The number of thioether (sulfide) groups is 1. The van der Waals surface area contributed by atoms with E-state index in [0.29, 0.717) is 28.0 Å². The van der Waals surface area contributed by atoms with Crippen molar-refractivity contribution in [2.45, 2.75) is 23.9 Å². The van der Waals surface area contributed by atoms with Crippen LogP contribution in [-0.2, 0) is 11.4 Å². The number of methoxy groups -OCH3 is 1. The number of anilines is 1. The Morgan fingerprint density at radius 3 is 2.55 bits per heavy atom. The van der Waals surface area contributed by atoms with Gasteiger partial charge in [-0.05, 0) is 43.3 Å². The Hall–Kier alpha value is -3.26. The highest BCUT2D eigenvalue weighted by molar-refractivity contribution is 8.00. The van der Waals surface area contributed by atoms with Gasteiger partial charge in [-0.15, -0.1) is 0 Å². The van der Waals surface area contributed by atoms with Crippen molar-refractivity contribution in [1.29, 1.82) is 0 Å². The lowest BCUT2D eigenvalue weighted by molar-refractivity contribution is -0.115. The number of aromatic nitrogens is 2. The molecule has 7 nitrogen and oxygen atoms in total. The SMILES string of the molecule is COc1ccc(NC(=O)C(C)Sc2nc(COc3ccccc3)cc(=O)[nH]2)cc1. The van der Waals surface area contributed by atoms with Gasteiger partial charge >= 0.3 is 0 Å². The monoisotopic (exact) mass is 411 g/mol. The number of ether oxygens (including phenoxy) is 2. The van der Waals surface area contributed by atoms with Gasteiger partial charge in [-0.1, -0.05) is 30.0 Å². The summed E-state index contributed by atoms with van der Waals surface area (Å²) in [7, 11) is 1.58. The summed E-state index contributed by atoms with van der Waals surface area (Å²) in [4.78, 5) is 31.4. The molecule has 0 bridgehead atoms. The molecule has 1 unspecified atom stereocenters. The number of amides is 1. The predicted octanol–water partition coefficient (Wildman–Crippen LogP) is 3.48. The van der Waals surface area contributed by atoms with Crippen molar-refractivity contribution in [2.24, 2.45) is 0 Å². The second kappa shape index (κ2) is 9.79. The quantitative estimate of drug-likeness (QED) is 0.435. The average molecular weight is 411 g/mol. The second-order valence-electron chi connectivity index (χ2n) is 6.12. The number of para-hydroxylation sites is 1. The van der Waals surface area contributed by atoms with Crippen LogP contribution in [0.5, 0.6) is 11.5 Å². The molecule has 0 saturated carbocycles. The summed E-state index contributed by atoms with van der Waals surface area (Å²) < 4.78 is 10.7. The molecule has 0 saturated heterocycles. The zero-order chi connectivity index (χ0) is 20.6. The van der Waals surface area contributed by atoms with E-state index in [2.05, 4.69) is 15.3 Å². The lowest BCUT2D eigenvalue weighted by Crippen LogP contribution is -2.23. The molecular weight excluding hydrogens is 390 g/mol. The van der Waals surface area contributed by atoms with Crippen LogP contribution in [0.15, 0.2) is 70.6 Å². The summed E-state index contributed by atoms with van der Waals surface area (Å²) in [6.45, 7) is 1.91. The van der Waals surface area contributed by atoms with Crippen LogP contribution >= 0.6 is 11.8 Å². The van der Waals surface area contributed by atoms with E-state index in [4.69, 9.17) is 9.47 Å². The Kier molecular flexibility index (Phi) is 6.91. The van der Waals surface area contributed by atoms with Gasteiger partial charge in [0.05, 0.1) is 18.1 Å². The first-order valence-corrected chi connectivity index (χ1v) is 9.81. The third kappa shape index (κ3) is 6.11. The van der Waals surface area contributed by atoms with E-state index in [1.807, 2.05) is 30.3 Å². The summed E-state index contributed by atoms with van der Waals surface area (Å²) in [5, 5.41) is 2.72. The number of benzene rings is 2. The molecule has 2 N–H and O–H groups in total. The minimum absolute atomic E-state index is 0.161. The van der Waals surface area contributed by atoms with Crippen LogP contribution in [0.3, 0.4) is 0 Å². The smallest absolute Gasteiger partial charge is 0.251 e. The molecule has 0 aliphatic heterocycles. The van der Waals surface area contributed by atoms with Gasteiger partial charge in [0, 0.05) is 11.8 Å². The van der Waals surface area contributed by atoms with Crippen molar-refractivity contribution >= 4 is 23.4 Å². The number of aromatic amines is 1. The lowest BCUT2D eigenvalue weighted by Gasteiger charge is -2.12. The van der Waals surface area contributed by atoms with E-state index in [0.717, 1.165) is 0 Å². The van der Waals surface area contributed by atoms with Crippen molar-refractivity contribution in [3.8, 4) is 11.5 Å². The van der Waals surface area contributed by atoms with Crippen LogP contribution in [0, 0.1) is 0 Å². The molecule has 1 heterocycles. The molecule has 3 rings (SSSR count). The minimum Gasteiger partial charge on any atom is -0.497 e. The standard InChI is InChI=1S/C21H21N3O4S/c1-14(20(26)22-15-8-10-17(27-2)11-9-15)29-21-23-16(12-19(25)24-21)13-28-18-6-4-3-5-7-18/h3-12,14H,13H2,1-2H3,(H,22,26)(H,23,24,25). The Morgan fingerprint density at radius 1 is 1.14 bits per heavy atom. The van der Waals surface area contributed by atoms with E-state index in [-0.39, 0.29) is 18.1 Å². The fraction of sp³-hybridized carbons (Fsp3) is 0.190. The Morgan fingerprint density at radius 2 is 1.86 bits per heavy atom. The summed E-state index contributed by atoms with van der Waals surface area (Å²) in [6.07, 6.45) is 0. The van der Waals surface area contributed by atoms with Crippen LogP contribution in [0.25, 0.3) is 0 Å². The summed E-state index contributed by atoms with van der Waals surface area (Å²) in [6, 6.07) is 17.7. The highest BCUT2D eigenvalue weighted by Crippen LogP contribution is 2.21. The molecule has 1 amide bonds. The zero-order valence-electron chi connectivity index (χ0n) is 16.0. The largest absolute Gasteiger partial charge is 0.497 e. The van der Waals surface area contributed by atoms with Gasteiger partial charge in [0.15, 0.2) is 5.16 Å². The number of rotatable bonds is 8. The maximum Gasteiger partial charge on any atom is 0.251 e. The second-order valence-corrected chi connectivity index (χ2v) is 7.45. The van der Waals surface area contributed by atoms with E-state index in [1.165, 1.54) is 17.8 Å². The molecule has 0 spiro atoms. The van der Waals surface area contributed by atoms with Gasteiger partial charge in [-0.25, -0.2) is 4.98 Å². The number of hydrogen-bond donors (Lipinski definition) is 2. The van der Waals surface area contributed by atoms with Crippen molar-refractivity contribution in [2.75, 3.05) is 12.4 Å². The molecule has 0 radical (unpaired) electrons. The van der Waals surface area contributed by atoms with Crippen molar-refractivity contribution in [3.05, 3.63) is 76.7 Å². The third-order valence-electron chi connectivity index (χ3n) is 3.92. The number of nitrogens with zero attached hydrogens (tertiary/aromatic N) is 1. The Bertz CT molecular complexity index is 1010. The number of hydrogen-bond acceptors (Lipinski definition) is 6. The van der Waals surface area contributed by atoms with Gasteiger partial charge in [-0.2, -0.15) is 0 Å². The Balaban J connectivity index is 1.61. The van der Waals surface area contributed by atoms with Crippen LogP contribution in [0.1, 0.15) is 12.6 Å². The first kappa shape index (κ1) is 20.5. The fourth-order valence-electron chi connectivity index (χ4n) is 2.43. The molecule has 1 atom stereocenters. The minimum atomic E-state index is -0.467. The number of H-pyrrole nitrogens is 1. The predicted molar refractivity (Wildman–Crippen MR) is 113 cm³/mol. The molecule has 8 heteroatoms. The van der Waals surface area contributed by atoms with Crippen LogP contribution < -0.4 is 20.3 Å². The van der Waals surface area contributed by atoms with Gasteiger partial charge in [0.25, 0.3) is 5.56 Å². The van der Waals surface area contributed by atoms with E-state index < -0.39 is 5.25 Å². The van der Waals surface area contributed by atoms with E-state index in [9.17, 15) is 9.59 Å². The topological polar surface area (TPSA) is 93.3 Å². The van der Waals surface area contributed by atoms with Crippen LogP contribution in [0.4, 0.5) is 5.69 Å². The summed E-state index contributed by atoms with van der Waals surface area (Å²) in [5.74, 6) is 1.20. The third-order valence-corrected chi connectivity index (χ3v) is 4.90. The van der Waals surface area contributed by atoms with Crippen molar-refractivity contribution in [1.82, 2.24) is 9.97 Å². The summed E-state index contributed by atoms with van der Waals surface area (Å²) >= 11 is 1.17. The molecule has 1 aromatic heterocycles. The highest BCUT2D eigenvalue weighted by Gasteiger charge is 2.16. The van der Waals surface area contributed by atoms with E-state index in [1.54, 1.807) is 38.3 Å². The maximum absolute atomic E-state index is 12.4. The van der Waals surface area contributed by atoms with Gasteiger partial charge in [-0.3, -0.25) is 9.59 Å². The summed E-state index contributed by atoms with van der Waals surface area (Å²) in [5.41, 5.74) is 0.856. The molecule has 2 aromatic carbocycles. The van der Waals surface area contributed by atoms with Crippen LogP contribution in [-0.4, -0.2) is 28.2 Å². The van der Waals surface area contributed by atoms with E-state index >= 15 is 0 Å². The number of nitrogens with one attached hydrogen (secondary N) is 2. The normalized spacial score (nSPS) is 11.5. The zero-order valence-corrected chi connectivity index (χ0v) is 16.9. The molecule has 3 aromatic rings. The van der Waals surface area contributed by atoms with Crippen LogP contribution in [0.2, 0.25) is 0 Å². The lowest BCUT2D eigenvalue weighted by atomic mass is 10.3. The van der Waals surface area contributed by atoms with Gasteiger partial charge in [0.1, 0.15) is 18.1 Å². The van der Waals surface area contributed by atoms with Crippen molar-refractivity contribution < 1.29 is 14.3 Å². The first-order chi connectivity index (χ1) is 14.0. The highest BCUT2D eigenvalue weighted by atomic mass is 32.2. The average Bonchev–Trinajstić information content (AvgIpc) is 2.73. The molecule has 0 aliphatic carbocycles. The van der Waals surface area contributed by atoms with Crippen molar-refractivity contribution in [3.63, 3.8) is 0 Å².